The summed E-state index contributed by atoms with van der Waals surface area (Å²) in [7, 11) is 12.4. The highest BCUT2D eigenvalue weighted by Gasteiger charge is 2.58. The van der Waals surface area contributed by atoms with Crippen LogP contribution in [-0.2, 0) is 47.8 Å². The maximum Gasteiger partial charge on any atom is 0.308 e. The Bertz CT molecular complexity index is 3570. The van der Waals surface area contributed by atoms with Crippen LogP contribution in [0.15, 0.2) is 56.4 Å². The second-order valence-electron chi connectivity index (χ2n) is 21.3. The largest absolute Gasteiger partial charge is 0.492 e. The standard InChI is InChI=1S/C31H33N3O9.C30H33N3O7/c1-13-26(37)17-9-19-21(11-32)34-20(25(33(19)5)24(17)27(38)29(13)39-6)10-18-23(22(34)12-42-15(3)35)31(41-8)30(40-7)14(2)28(18)43-16(4)36;1-9-18-22-17(27(40-15(4)34)14(3)29(38-7)30(22)39-8)11-20-24-23-16(25(35)13(2)28(37-6)26(23)36)10-19(32(24)5)21(12-31)33(18)20/h10,19,21-22,25H,9,12H2,1-8H3;11,18-19,21,24H,9-10H2,1-8H3/t19-,21-,22-,25-;18-,19-,21-,24-/m00/s1. The summed E-state index contributed by atoms with van der Waals surface area (Å²) >= 11 is 0. The molecule has 0 radical (unpaired) electrons. The number of methoxy groups -OCH3 is 6. The summed E-state index contributed by atoms with van der Waals surface area (Å²) < 4.78 is 51.0. The summed E-state index contributed by atoms with van der Waals surface area (Å²) in [4.78, 5) is 99.2. The van der Waals surface area contributed by atoms with E-state index in [4.69, 9.17) is 42.6 Å². The van der Waals surface area contributed by atoms with Gasteiger partial charge in [0.2, 0.25) is 11.6 Å². The van der Waals surface area contributed by atoms with Crippen molar-refractivity contribution >= 4 is 53.2 Å². The Balaban J connectivity index is 0.000000200. The lowest BCUT2D eigenvalue weighted by Crippen LogP contribution is -2.66. The monoisotopic (exact) mass is 1140 g/mol. The van der Waals surface area contributed by atoms with Crippen LogP contribution in [0, 0.1) is 36.5 Å². The number of carbonyl (C=O) groups excluding carboxylic acids is 7. The number of ketones is 4. The molecule has 2 saturated heterocycles. The summed E-state index contributed by atoms with van der Waals surface area (Å²) in [5, 5.41) is 21.2. The number of esters is 3. The van der Waals surface area contributed by atoms with Crippen LogP contribution in [0.1, 0.15) is 106 Å². The van der Waals surface area contributed by atoms with Crippen molar-refractivity contribution in [1.29, 1.82) is 10.5 Å². The Hall–Kier alpha value is -8.73. The highest BCUT2D eigenvalue weighted by atomic mass is 16.6. The van der Waals surface area contributed by atoms with E-state index in [1.165, 1.54) is 56.3 Å². The maximum atomic E-state index is 13.9. The van der Waals surface area contributed by atoms with Crippen LogP contribution in [0.25, 0.3) is 12.2 Å². The van der Waals surface area contributed by atoms with Gasteiger partial charge in [-0.3, -0.25) is 43.4 Å². The first-order chi connectivity index (χ1) is 39.5. The number of benzene rings is 2. The van der Waals surface area contributed by atoms with Gasteiger partial charge in [-0.05, 0) is 73.2 Å². The molecule has 0 aromatic heterocycles. The zero-order valence-corrected chi connectivity index (χ0v) is 49.3. The quantitative estimate of drug-likeness (QED) is 0.143. The van der Waals surface area contributed by atoms with Gasteiger partial charge in [-0.2, -0.15) is 10.5 Å². The van der Waals surface area contributed by atoms with E-state index < -0.39 is 59.9 Å². The van der Waals surface area contributed by atoms with Gasteiger partial charge < -0.3 is 52.4 Å². The molecule has 2 aromatic rings. The minimum atomic E-state index is -0.833. The number of Topliss-reactive ketones (excluding diaryl/α,β-unsaturated/α-hetero) is 4. The third-order valence-electron chi connectivity index (χ3n) is 17.2. The number of ether oxygens (including phenoxy) is 9. The number of hydrogen-bond acceptors (Lipinski definition) is 22. The fraction of sp³-hybridized carbons (Fsp3) is 0.459. The first kappa shape index (κ1) is 58.9. The normalized spacial score (nSPS) is 24.9. The molecule has 0 N–H and O–H groups in total. The number of carbonyl (C=O) groups is 7. The van der Waals surface area contributed by atoms with E-state index in [2.05, 4.69) is 12.1 Å². The molecule has 8 atom stereocenters. The number of hydrogen-bond donors (Lipinski definition) is 0. The molecule has 6 aliphatic heterocycles. The van der Waals surface area contributed by atoms with Gasteiger partial charge in [0, 0.05) is 111 Å². The van der Waals surface area contributed by atoms with E-state index in [0.29, 0.717) is 91.1 Å². The molecule has 436 valence electrons. The van der Waals surface area contributed by atoms with Gasteiger partial charge in [-0.25, -0.2) is 0 Å². The van der Waals surface area contributed by atoms with Crippen LogP contribution < -0.4 is 28.4 Å². The van der Waals surface area contributed by atoms with Crippen LogP contribution in [0.4, 0.5) is 0 Å². The molecule has 22 nitrogen and oxygen atoms in total. The Labute approximate surface area is 480 Å². The van der Waals surface area contributed by atoms with Gasteiger partial charge in [-0.1, -0.05) is 6.92 Å². The molecule has 10 rings (SSSR count). The van der Waals surface area contributed by atoms with E-state index in [0.717, 1.165) is 5.56 Å². The van der Waals surface area contributed by atoms with Gasteiger partial charge in [-0.15, -0.1) is 0 Å². The predicted octanol–water partition coefficient (Wildman–Crippen LogP) is 5.94. The second-order valence-corrected chi connectivity index (χ2v) is 21.3. The first-order valence-corrected chi connectivity index (χ1v) is 26.9. The van der Waals surface area contributed by atoms with Crippen molar-refractivity contribution in [1.82, 2.24) is 19.6 Å². The number of nitrogens with zero attached hydrogens (tertiary/aromatic N) is 6. The number of rotatable bonds is 11. The second kappa shape index (κ2) is 22.2. The van der Waals surface area contributed by atoms with E-state index in [-0.39, 0.29) is 82.9 Å². The molecule has 2 aliphatic carbocycles. The molecular formula is C61H66N6O16. The number of fused-ring (bicyclic) bond motifs is 12. The third kappa shape index (κ3) is 8.75. The van der Waals surface area contributed by atoms with Gasteiger partial charge in [0.15, 0.2) is 46.1 Å². The molecule has 0 saturated carbocycles. The molecular weight excluding hydrogens is 1070 g/mol. The minimum Gasteiger partial charge on any atom is -0.492 e. The highest BCUT2D eigenvalue weighted by Crippen LogP contribution is 2.58. The summed E-state index contributed by atoms with van der Waals surface area (Å²) in [6.45, 7) is 12.4. The van der Waals surface area contributed by atoms with E-state index in [1.807, 2.05) is 39.6 Å². The minimum absolute atomic E-state index is 0.0271. The maximum absolute atomic E-state index is 13.9. The fourth-order valence-corrected chi connectivity index (χ4v) is 13.9. The lowest BCUT2D eigenvalue weighted by molar-refractivity contribution is -0.143. The molecule has 2 fully saturated rings. The molecule has 0 spiro atoms. The molecule has 4 bridgehead atoms. The van der Waals surface area contributed by atoms with Crippen molar-refractivity contribution in [2.45, 2.75) is 123 Å². The highest BCUT2D eigenvalue weighted by molar-refractivity contribution is 6.26. The fourth-order valence-electron chi connectivity index (χ4n) is 13.9. The zero-order valence-electron chi connectivity index (χ0n) is 49.3. The molecule has 0 amide bonds. The van der Waals surface area contributed by atoms with Crippen molar-refractivity contribution in [3.8, 4) is 46.6 Å². The summed E-state index contributed by atoms with van der Waals surface area (Å²) in [6, 6.07) is 0.0320. The van der Waals surface area contributed by atoms with Crippen molar-refractivity contribution in [2.75, 3.05) is 63.4 Å². The van der Waals surface area contributed by atoms with Crippen molar-refractivity contribution in [3.63, 3.8) is 0 Å². The average molecular weight is 1140 g/mol. The Morgan fingerprint density at radius 1 is 0.542 bits per heavy atom. The molecule has 22 heteroatoms. The predicted molar refractivity (Wildman–Crippen MR) is 295 cm³/mol. The topological polar surface area (TPSA) is 263 Å². The average Bonchev–Trinajstić information content (AvgIpc) is 0.950. The van der Waals surface area contributed by atoms with E-state index >= 15 is 0 Å². The Kier molecular flexibility index (Phi) is 15.8. The van der Waals surface area contributed by atoms with Crippen LogP contribution in [0.5, 0.6) is 34.5 Å². The van der Waals surface area contributed by atoms with Crippen LogP contribution in [0.3, 0.4) is 0 Å². The Morgan fingerprint density at radius 3 is 1.24 bits per heavy atom. The van der Waals surface area contributed by atoms with E-state index in [9.17, 15) is 44.1 Å². The number of likely N-dealkylation sites (N-methyl/N-ethyl adjacent to an activating group) is 2. The summed E-state index contributed by atoms with van der Waals surface area (Å²) in [6.07, 6.45) is 4.61. The van der Waals surface area contributed by atoms with E-state index in [1.54, 1.807) is 47.9 Å². The lowest BCUT2D eigenvalue weighted by Gasteiger charge is -2.57. The Morgan fingerprint density at radius 2 is 0.916 bits per heavy atom. The SMILES string of the molecule is CC[C@H]1c2c(c(OC(C)=O)c(C)c(OC)c2OC)C=C2[C@H]3C4=C(C[C@@H]([C@H](C#N)N21)N3C)C(=O)C(C)=C(OC)C4=O.COC1=C(C)C(=O)C2=C(C1=O)[C@@H]1C3=Cc4c(OC(C)=O)c(C)c(OC)c(OC)c4[C@H](COC(C)=O)N3[C@@H](C#N)[C@H](C2)N1C. The molecule has 0 unspecified atom stereocenters. The van der Waals surface area contributed by atoms with Crippen LogP contribution in [-0.4, -0.2) is 160 Å². The van der Waals surface area contributed by atoms with Crippen LogP contribution >= 0.6 is 0 Å². The lowest BCUT2D eigenvalue weighted by atomic mass is 9.71. The molecule has 83 heavy (non-hydrogen) atoms. The summed E-state index contributed by atoms with van der Waals surface area (Å²) in [5.41, 5.74) is 6.43. The molecule has 8 aliphatic rings. The van der Waals surface area contributed by atoms with Crippen molar-refractivity contribution < 1.29 is 76.2 Å². The van der Waals surface area contributed by atoms with Crippen molar-refractivity contribution in [2.24, 2.45) is 0 Å². The molecule has 2 aromatic carbocycles. The molecule has 6 heterocycles. The smallest absolute Gasteiger partial charge is 0.308 e. The van der Waals surface area contributed by atoms with Crippen LogP contribution in [0.2, 0.25) is 0 Å². The zero-order chi connectivity index (χ0) is 60.7. The van der Waals surface area contributed by atoms with Gasteiger partial charge in [0.1, 0.15) is 30.2 Å². The number of nitriles is 2. The summed E-state index contributed by atoms with van der Waals surface area (Å²) in [5.74, 6) is -0.767. The van der Waals surface area contributed by atoms with Gasteiger partial charge >= 0.3 is 17.9 Å². The number of piperazine rings is 2. The van der Waals surface area contributed by atoms with Gasteiger partial charge in [0.25, 0.3) is 0 Å². The third-order valence-corrected chi connectivity index (χ3v) is 17.2. The first-order valence-electron chi connectivity index (χ1n) is 26.9. The number of allylic oxidation sites excluding steroid dienone is 4. The van der Waals surface area contributed by atoms with Gasteiger partial charge in [0.05, 0.1) is 79.0 Å². The van der Waals surface area contributed by atoms with Crippen molar-refractivity contribution in [3.05, 3.63) is 89.7 Å².